The molecule has 1 aromatic rings. The standard InChI is InChI=1S/C7H4BrNOS/c8-6-4-2-1-3-5(6)7(10)9-11/h1-4H. The molecule has 0 radical (unpaired) electrons. The van der Waals surface area contributed by atoms with Crippen molar-refractivity contribution in [1.82, 2.24) is 0 Å². The molecule has 0 N–H and O–H groups in total. The van der Waals surface area contributed by atoms with Crippen LogP contribution in [0.5, 0.6) is 0 Å². The number of hydrogen-bond acceptors (Lipinski definition) is 2. The fourth-order valence-electron chi connectivity index (χ4n) is 0.684. The smallest absolute Gasteiger partial charge is 0.266 e. The summed E-state index contributed by atoms with van der Waals surface area (Å²) >= 11 is 7.48. The molecule has 0 aliphatic rings. The highest BCUT2D eigenvalue weighted by Crippen LogP contribution is 2.16. The van der Waals surface area contributed by atoms with Gasteiger partial charge in [-0.2, -0.15) is 0 Å². The quantitative estimate of drug-likeness (QED) is 0.740. The Kier molecular flexibility index (Phi) is 2.84. The van der Waals surface area contributed by atoms with Gasteiger partial charge in [0.25, 0.3) is 5.91 Å². The SMILES string of the molecule is O=C(N=S)c1ccccc1Br. The van der Waals surface area contributed by atoms with Crippen molar-refractivity contribution in [3.8, 4) is 0 Å². The molecule has 1 aromatic carbocycles. The summed E-state index contributed by atoms with van der Waals surface area (Å²) in [6.45, 7) is 0. The Hall–Kier alpha value is -0.610. The molecule has 0 spiro atoms. The van der Waals surface area contributed by atoms with Crippen LogP contribution in [-0.2, 0) is 12.4 Å². The summed E-state index contributed by atoms with van der Waals surface area (Å²) < 4.78 is 3.85. The van der Waals surface area contributed by atoms with E-state index in [1.807, 2.05) is 6.07 Å². The van der Waals surface area contributed by atoms with Crippen LogP contribution in [-0.4, -0.2) is 5.91 Å². The van der Waals surface area contributed by atoms with Gasteiger partial charge in [-0.25, -0.2) is 0 Å². The fourth-order valence-corrected chi connectivity index (χ4v) is 1.24. The molecule has 0 bridgehead atoms. The summed E-state index contributed by atoms with van der Waals surface area (Å²) in [4.78, 5) is 10.9. The summed E-state index contributed by atoms with van der Waals surface area (Å²) in [5.41, 5.74) is 0.502. The molecule has 0 aliphatic carbocycles. The fraction of sp³-hybridized carbons (Fsp3) is 0. The molecule has 2 nitrogen and oxygen atoms in total. The first-order valence-electron chi connectivity index (χ1n) is 2.88. The van der Waals surface area contributed by atoms with Gasteiger partial charge < -0.3 is 0 Å². The molecular weight excluding hydrogens is 226 g/mol. The zero-order valence-corrected chi connectivity index (χ0v) is 7.85. The molecular formula is C7H4BrNOS. The maximum atomic E-state index is 10.9. The van der Waals surface area contributed by atoms with Gasteiger partial charge in [-0.1, -0.05) is 12.1 Å². The second kappa shape index (κ2) is 3.69. The number of benzene rings is 1. The zero-order chi connectivity index (χ0) is 8.27. The van der Waals surface area contributed by atoms with Crippen molar-refractivity contribution in [3.63, 3.8) is 0 Å². The van der Waals surface area contributed by atoms with Crippen molar-refractivity contribution < 1.29 is 4.79 Å². The molecule has 1 rings (SSSR count). The Morgan fingerprint density at radius 1 is 1.45 bits per heavy atom. The number of carbonyl (C=O) groups is 1. The highest BCUT2D eigenvalue weighted by molar-refractivity contribution is 9.10. The normalized spacial score (nSPS) is 9.18. The van der Waals surface area contributed by atoms with E-state index >= 15 is 0 Å². The molecule has 4 heteroatoms. The second-order valence-corrected chi connectivity index (χ2v) is 2.91. The van der Waals surface area contributed by atoms with E-state index in [2.05, 4.69) is 32.7 Å². The topological polar surface area (TPSA) is 29.4 Å². The molecule has 0 atom stereocenters. The van der Waals surface area contributed by atoms with Gasteiger partial charge in [0.1, 0.15) is 0 Å². The van der Waals surface area contributed by atoms with Gasteiger partial charge in [0, 0.05) is 16.9 Å². The lowest BCUT2D eigenvalue weighted by Gasteiger charge is -1.95. The highest BCUT2D eigenvalue weighted by Gasteiger charge is 2.05. The monoisotopic (exact) mass is 229 g/mol. The first kappa shape index (κ1) is 8.49. The summed E-state index contributed by atoms with van der Waals surface area (Å²) in [5.74, 6) is -0.382. The van der Waals surface area contributed by atoms with E-state index in [0.717, 1.165) is 4.47 Å². The summed E-state index contributed by atoms with van der Waals surface area (Å²) in [7, 11) is 0. The van der Waals surface area contributed by atoms with Crippen LogP contribution in [0.1, 0.15) is 10.4 Å². The van der Waals surface area contributed by atoms with E-state index in [1.165, 1.54) is 0 Å². The van der Waals surface area contributed by atoms with Crippen molar-refractivity contribution >= 4 is 34.3 Å². The molecule has 0 saturated carbocycles. The van der Waals surface area contributed by atoms with Crippen molar-refractivity contribution in [2.24, 2.45) is 4.36 Å². The third-order valence-electron chi connectivity index (χ3n) is 1.19. The van der Waals surface area contributed by atoms with Crippen LogP contribution < -0.4 is 0 Å². The van der Waals surface area contributed by atoms with Crippen molar-refractivity contribution in [2.45, 2.75) is 0 Å². The zero-order valence-electron chi connectivity index (χ0n) is 5.45. The van der Waals surface area contributed by atoms with Crippen LogP contribution in [0.4, 0.5) is 0 Å². The van der Waals surface area contributed by atoms with Gasteiger partial charge in [-0.3, -0.25) is 4.79 Å². The van der Waals surface area contributed by atoms with Crippen LogP contribution in [0.2, 0.25) is 0 Å². The molecule has 0 unspecified atom stereocenters. The van der Waals surface area contributed by atoms with Gasteiger partial charge in [-0.15, -0.1) is 4.36 Å². The summed E-state index contributed by atoms with van der Waals surface area (Å²) in [6.07, 6.45) is 0. The maximum Gasteiger partial charge on any atom is 0.289 e. The first-order valence-corrected chi connectivity index (χ1v) is 4.03. The van der Waals surface area contributed by atoms with Gasteiger partial charge in [-0.05, 0) is 28.1 Å². The lowest BCUT2D eigenvalue weighted by Crippen LogP contribution is -1.93. The van der Waals surface area contributed by atoms with E-state index in [0.29, 0.717) is 5.56 Å². The third-order valence-corrected chi connectivity index (χ3v) is 2.04. The first-order chi connectivity index (χ1) is 5.25. The van der Waals surface area contributed by atoms with E-state index < -0.39 is 0 Å². The molecule has 56 valence electrons. The van der Waals surface area contributed by atoms with Gasteiger partial charge in [0.05, 0.1) is 5.56 Å². The minimum absolute atomic E-state index is 0.382. The number of amides is 1. The van der Waals surface area contributed by atoms with Crippen LogP contribution in [0.25, 0.3) is 0 Å². The van der Waals surface area contributed by atoms with Crippen LogP contribution in [0, 0.1) is 0 Å². The molecule has 0 aromatic heterocycles. The molecule has 0 heterocycles. The average Bonchev–Trinajstić information content (AvgIpc) is 2.04. The Bertz CT molecular complexity index is 300. The van der Waals surface area contributed by atoms with Crippen molar-refractivity contribution in [1.29, 1.82) is 0 Å². The maximum absolute atomic E-state index is 10.9. The number of rotatable bonds is 1. The molecule has 0 saturated heterocycles. The molecule has 11 heavy (non-hydrogen) atoms. The highest BCUT2D eigenvalue weighted by atomic mass is 79.9. The lowest BCUT2D eigenvalue weighted by atomic mass is 10.2. The lowest BCUT2D eigenvalue weighted by molar-refractivity contribution is 0.100. The van der Waals surface area contributed by atoms with Gasteiger partial charge >= 0.3 is 0 Å². The van der Waals surface area contributed by atoms with E-state index in [9.17, 15) is 4.79 Å². The summed E-state index contributed by atoms with van der Waals surface area (Å²) in [6, 6.07) is 7.03. The average molecular weight is 230 g/mol. The number of carbonyl (C=O) groups excluding carboxylic acids is 1. The van der Waals surface area contributed by atoms with Crippen LogP contribution >= 0.6 is 15.9 Å². The molecule has 1 amide bonds. The molecule has 0 fully saturated rings. The van der Waals surface area contributed by atoms with E-state index in [-0.39, 0.29) is 5.91 Å². The Morgan fingerprint density at radius 3 is 2.64 bits per heavy atom. The van der Waals surface area contributed by atoms with E-state index in [4.69, 9.17) is 0 Å². The molecule has 0 aliphatic heterocycles. The Balaban J connectivity index is 3.13. The van der Waals surface area contributed by atoms with E-state index in [1.54, 1.807) is 18.2 Å². The van der Waals surface area contributed by atoms with Crippen LogP contribution in [0.3, 0.4) is 0 Å². The Morgan fingerprint density at radius 2 is 2.09 bits per heavy atom. The minimum atomic E-state index is -0.382. The van der Waals surface area contributed by atoms with Crippen LogP contribution in [0.15, 0.2) is 33.1 Å². The Labute approximate surface area is 77.9 Å². The van der Waals surface area contributed by atoms with Crippen molar-refractivity contribution in [2.75, 3.05) is 0 Å². The predicted octanol–water partition coefficient (Wildman–Crippen LogP) is 2.32. The third kappa shape index (κ3) is 1.91. The van der Waals surface area contributed by atoms with Crippen molar-refractivity contribution in [3.05, 3.63) is 34.3 Å². The predicted molar refractivity (Wildman–Crippen MR) is 48.3 cm³/mol. The number of hydrogen-bond donors (Lipinski definition) is 0. The number of nitrogens with zero attached hydrogens (tertiary/aromatic N) is 1. The van der Waals surface area contributed by atoms with Gasteiger partial charge in [0.2, 0.25) is 0 Å². The number of halogens is 1. The summed E-state index contributed by atoms with van der Waals surface area (Å²) in [5, 5.41) is 0. The minimum Gasteiger partial charge on any atom is -0.266 e. The largest absolute Gasteiger partial charge is 0.289 e. The second-order valence-electron chi connectivity index (χ2n) is 1.88. The van der Waals surface area contributed by atoms with Gasteiger partial charge in [0.15, 0.2) is 0 Å².